The Morgan fingerprint density at radius 3 is 2.40 bits per heavy atom. The predicted molar refractivity (Wildman–Crippen MR) is 92.5 cm³/mol. The van der Waals surface area contributed by atoms with E-state index in [0.717, 1.165) is 24.5 Å². The fraction of sp³-hybridized carbons (Fsp3) is 0.350. The van der Waals surface area contributed by atoms with E-state index >= 15 is 0 Å². The molecule has 1 aliphatic carbocycles. The molecule has 1 aliphatic rings. The van der Waals surface area contributed by atoms with Crippen LogP contribution in [0.1, 0.15) is 30.9 Å². The van der Waals surface area contributed by atoms with Crippen LogP contribution in [0.2, 0.25) is 0 Å². The van der Waals surface area contributed by atoms with Gasteiger partial charge in [-0.25, -0.2) is 4.85 Å². The van der Waals surface area contributed by atoms with Crippen LogP contribution in [-0.4, -0.2) is 6.04 Å². The molecule has 0 aliphatic heterocycles. The Morgan fingerprint density at radius 2 is 1.84 bits per heavy atom. The molecule has 0 radical (unpaired) electrons. The van der Waals surface area contributed by atoms with Gasteiger partial charge in [0.05, 0.1) is 12.1 Å². The largest absolute Gasteiger partial charge is 0.407 e. The fourth-order valence-electron chi connectivity index (χ4n) is 3.11. The molecule has 0 N–H and O–H groups in total. The van der Waals surface area contributed by atoms with Crippen LogP contribution in [0.15, 0.2) is 48.5 Å². The highest BCUT2D eigenvalue weighted by Gasteiger charge is 2.36. The predicted octanol–water partition coefficient (Wildman–Crippen LogP) is 6.06. The molecule has 130 valence electrons. The molecule has 2 nitrogen and oxygen atoms in total. The summed E-state index contributed by atoms with van der Waals surface area (Å²) in [5, 5.41) is 0. The highest BCUT2D eigenvalue weighted by atomic mass is 19.4. The highest BCUT2D eigenvalue weighted by Crippen LogP contribution is 2.42. The number of nitrogens with zero attached hydrogens (tertiary/aromatic N) is 2. The lowest BCUT2D eigenvalue weighted by Crippen LogP contribution is -2.34. The normalized spacial score (nSPS) is 15.5. The zero-order valence-corrected chi connectivity index (χ0v) is 13.9. The van der Waals surface area contributed by atoms with Gasteiger partial charge in [0.2, 0.25) is 0 Å². The average Bonchev–Trinajstić information content (AvgIpc) is 3.44. The van der Waals surface area contributed by atoms with Gasteiger partial charge >= 0.3 is 6.18 Å². The lowest BCUT2D eigenvalue weighted by Gasteiger charge is -2.32. The first-order valence-electron chi connectivity index (χ1n) is 8.29. The fourth-order valence-corrected chi connectivity index (χ4v) is 3.11. The minimum Gasteiger partial charge on any atom is -0.364 e. The topological polar surface area (TPSA) is 7.60 Å². The van der Waals surface area contributed by atoms with E-state index in [9.17, 15) is 13.2 Å². The van der Waals surface area contributed by atoms with Gasteiger partial charge in [0, 0.05) is 18.3 Å². The summed E-state index contributed by atoms with van der Waals surface area (Å²) in [6, 6.07) is 13.9. The standard InChI is InChI=1S/C20H19F3N2/c1-14(16-8-9-16)25(13-15-6-4-3-5-7-15)17-10-11-19(24-2)18(12-17)20(21,22)23/h3-7,10-12,14,16H,8-9,13H2,1H3. The van der Waals surface area contributed by atoms with Crippen molar-refractivity contribution in [2.75, 3.05) is 4.90 Å². The summed E-state index contributed by atoms with van der Waals surface area (Å²) >= 11 is 0. The molecule has 2 aromatic carbocycles. The molecular formula is C20H19F3N2. The average molecular weight is 344 g/mol. The molecule has 0 aromatic heterocycles. The van der Waals surface area contributed by atoms with Crippen molar-refractivity contribution in [3.05, 3.63) is 71.1 Å². The van der Waals surface area contributed by atoms with Crippen LogP contribution in [0, 0.1) is 12.5 Å². The van der Waals surface area contributed by atoms with E-state index in [1.54, 1.807) is 6.07 Å². The number of hydrogen-bond donors (Lipinski definition) is 0. The monoisotopic (exact) mass is 344 g/mol. The number of halogens is 3. The molecule has 2 aromatic rings. The van der Waals surface area contributed by atoms with E-state index in [0.29, 0.717) is 18.2 Å². The summed E-state index contributed by atoms with van der Waals surface area (Å²) in [7, 11) is 0. The van der Waals surface area contributed by atoms with Crippen LogP contribution in [0.25, 0.3) is 4.85 Å². The smallest absolute Gasteiger partial charge is 0.364 e. The van der Waals surface area contributed by atoms with Crippen LogP contribution >= 0.6 is 0 Å². The molecule has 0 bridgehead atoms. The Balaban J connectivity index is 1.99. The second kappa shape index (κ2) is 6.79. The van der Waals surface area contributed by atoms with Crippen molar-refractivity contribution in [3.63, 3.8) is 0 Å². The Labute approximate surface area is 145 Å². The van der Waals surface area contributed by atoms with Crippen LogP contribution < -0.4 is 4.90 Å². The number of alkyl halides is 3. The van der Waals surface area contributed by atoms with Crippen molar-refractivity contribution in [2.24, 2.45) is 5.92 Å². The third kappa shape index (κ3) is 3.96. The van der Waals surface area contributed by atoms with Crippen LogP contribution in [0.4, 0.5) is 24.5 Å². The summed E-state index contributed by atoms with van der Waals surface area (Å²) in [6.07, 6.45) is -2.31. The summed E-state index contributed by atoms with van der Waals surface area (Å²) in [6.45, 7) is 9.61. The van der Waals surface area contributed by atoms with Gasteiger partial charge in [-0.15, -0.1) is 0 Å². The van der Waals surface area contributed by atoms with E-state index in [2.05, 4.69) is 11.8 Å². The van der Waals surface area contributed by atoms with Gasteiger partial charge in [-0.05, 0) is 43.4 Å². The number of hydrogen-bond acceptors (Lipinski definition) is 1. The van der Waals surface area contributed by atoms with E-state index in [-0.39, 0.29) is 11.7 Å². The molecule has 1 atom stereocenters. The molecule has 3 rings (SSSR count). The quantitative estimate of drug-likeness (QED) is 0.598. The molecule has 1 fully saturated rings. The summed E-state index contributed by atoms with van der Waals surface area (Å²) in [4.78, 5) is 5.05. The number of anilines is 1. The zero-order chi connectivity index (χ0) is 18.0. The van der Waals surface area contributed by atoms with Crippen LogP contribution in [-0.2, 0) is 12.7 Å². The maximum absolute atomic E-state index is 13.3. The third-order valence-corrected chi connectivity index (χ3v) is 4.73. The molecule has 0 spiro atoms. The first kappa shape index (κ1) is 17.3. The van der Waals surface area contributed by atoms with E-state index < -0.39 is 11.7 Å². The van der Waals surface area contributed by atoms with Gasteiger partial charge in [0.25, 0.3) is 0 Å². The van der Waals surface area contributed by atoms with Crippen LogP contribution in [0.5, 0.6) is 0 Å². The van der Waals surface area contributed by atoms with Gasteiger partial charge in [-0.2, -0.15) is 13.2 Å². The summed E-state index contributed by atoms with van der Waals surface area (Å²) in [5.74, 6) is 0.513. The van der Waals surface area contributed by atoms with Crippen molar-refractivity contribution in [2.45, 2.75) is 38.5 Å². The van der Waals surface area contributed by atoms with Crippen molar-refractivity contribution in [1.82, 2.24) is 0 Å². The molecule has 0 heterocycles. The Hall–Kier alpha value is -2.48. The Kier molecular flexibility index (Phi) is 4.71. The Morgan fingerprint density at radius 1 is 1.16 bits per heavy atom. The van der Waals surface area contributed by atoms with Gasteiger partial charge in [-0.1, -0.05) is 36.4 Å². The van der Waals surface area contributed by atoms with Gasteiger partial charge in [-0.3, -0.25) is 0 Å². The maximum Gasteiger partial charge on any atom is 0.407 e. The first-order chi connectivity index (χ1) is 11.9. The lowest BCUT2D eigenvalue weighted by atomic mass is 10.1. The van der Waals surface area contributed by atoms with Gasteiger partial charge in [0.15, 0.2) is 5.69 Å². The number of rotatable bonds is 5. The van der Waals surface area contributed by atoms with E-state index in [1.165, 1.54) is 6.07 Å². The molecular weight excluding hydrogens is 325 g/mol. The highest BCUT2D eigenvalue weighted by molar-refractivity contribution is 5.63. The minimum atomic E-state index is -4.53. The zero-order valence-electron chi connectivity index (χ0n) is 13.9. The SMILES string of the molecule is [C-]#[N+]c1ccc(N(Cc2ccccc2)C(C)C2CC2)cc1C(F)(F)F. The molecule has 0 saturated heterocycles. The van der Waals surface area contributed by atoms with Crippen LogP contribution in [0.3, 0.4) is 0 Å². The second-order valence-corrected chi connectivity index (χ2v) is 6.50. The van der Waals surface area contributed by atoms with Crippen molar-refractivity contribution in [3.8, 4) is 0 Å². The first-order valence-corrected chi connectivity index (χ1v) is 8.29. The number of benzene rings is 2. The molecule has 0 amide bonds. The van der Waals surface area contributed by atoms with E-state index in [1.807, 2.05) is 35.2 Å². The second-order valence-electron chi connectivity index (χ2n) is 6.50. The van der Waals surface area contributed by atoms with Crippen molar-refractivity contribution in [1.29, 1.82) is 0 Å². The minimum absolute atomic E-state index is 0.153. The van der Waals surface area contributed by atoms with Gasteiger partial charge in [0.1, 0.15) is 0 Å². The van der Waals surface area contributed by atoms with E-state index in [4.69, 9.17) is 6.57 Å². The maximum atomic E-state index is 13.3. The summed E-state index contributed by atoms with van der Waals surface area (Å²) in [5.41, 5.74) is 0.358. The molecule has 1 saturated carbocycles. The third-order valence-electron chi connectivity index (χ3n) is 4.73. The van der Waals surface area contributed by atoms with Gasteiger partial charge < -0.3 is 4.90 Å². The lowest BCUT2D eigenvalue weighted by molar-refractivity contribution is -0.136. The van der Waals surface area contributed by atoms with Crippen molar-refractivity contribution < 1.29 is 13.2 Å². The molecule has 5 heteroatoms. The summed E-state index contributed by atoms with van der Waals surface area (Å²) < 4.78 is 39.9. The Bertz CT molecular complexity index is 774. The van der Waals surface area contributed by atoms with Crippen molar-refractivity contribution >= 4 is 11.4 Å². The molecule has 25 heavy (non-hydrogen) atoms. The molecule has 1 unspecified atom stereocenters.